The van der Waals surface area contributed by atoms with Gasteiger partial charge in [0.25, 0.3) is 0 Å². The molecule has 0 aliphatic carbocycles. The Balaban J connectivity index is 1.25. The maximum absolute atomic E-state index is 6.65. The van der Waals surface area contributed by atoms with Gasteiger partial charge in [-0.1, -0.05) is 133 Å². The zero-order chi connectivity index (χ0) is 33.7. The fraction of sp³-hybridized carbons (Fsp3) is 0. The molecule has 3 heteroatoms. The topological polar surface area (TPSA) is 21.3 Å². The minimum absolute atomic E-state index is 0.864. The van der Waals surface area contributed by atoms with Crippen LogP contribution in [0.15, 0.2) is 199 Å². The minimum atomic E-state index is 0.864. The van der Waals surface area contributed by atoms with E-state index >= 15 is 0 Å². The largest absolute Gasteiger partial charge is 0.454 e. The second-order valence-corrected chi connectivity index (χ2v) is 12.9. The molecule has 2 aromatic heterocycles. The summed E-state index contributed by atoms with van der Waals surface area (Å²) in [5, 5.41) is 4.63. The molecule has 10 rings (SSSR count). The third-order valence-corrected chi connectivity index (χ3v) is 9.99. The summed E-state index contributed by atoms with van der Waals surface area (Å²) in [5.74, 6) is 0. The Morgan fingerprint density at radius 1 is 0.412 bits per heavy atom. The van der Waals surface area contributed by atoms with Crippen molar-refractivity contribution in [3.8, 4) is 27.9 Å². The Bertz CT molecular complexity index is 2830. The molecule has 0 spiro atoms. The van der Waals surface area contributed by atoms with Gasteiger partial charge in [0.15, 0.2) is 5.58 Å². The number of anilines is 3. The van der Waals surface area contributed by atoms with E-state index < -0.39 is 0 Å². The lowest BCUT2D eigenvalue weighted by molar-refractivity contribution is 0.669. The predicted molar refractivity (Wildman–Crippen MR) is 214 cm³/mol. The first-order valence-electron chi connectivity index (χ1n) is 17.4. The lowest BCUT2D eigenvalue weighted by Gasteiger charge is -2.26. The molecule has 0 saturated carbocycles. The van der Waals surface area contributed by atoms with Gasteiger partial charge in [0.1, 0.15) is 5.58 Å². The summed E-state index contributed by atoms with van der Waals surface area (Å²) in [6, 6.07) is 69.1. The van der Waals surface area contributed by atoms with Crippen molar-refractivity contribution in [3.63, 3.8) is 0 Å². The van der Waals surface area contributed by atoms with Crippen molar-refractivity contribution in [2.45, 2.75) is 0 Å². The molecule has 240 valence electrons. The van der Waals surface area contributed by atoms with Gasteiger partial charge < -0.3 is 13.9 Å². The SMILES string of the molecule is c1ccc(-c2ccc(N(c3ccc4c(c3)c3c(-c5ccccc5)cccc3n4-c3ccccc3)c3cccc4c3oc3ccccc34)cc2)cc1. The normalized spacial score (nSPS) is 11.5. The van der Waals surface area contributed by atoms with Crippen LogP contribution in [-0.4, -0.2) is 4.57 Å². The van der Waals surface area contributed by atoms with Gasteiger partial charge in [-0.25, -0.2) is 0 Å². The summed E-state index contributed by atoms with van der Waals surface area (Å²) in [7, 11) is 0. The molecule has 0 N–H and O–H groups in total. The van der Waals surface area contributed by atoms with E-state index in [9.17, 15) is 0 Å². The summed E-state index contributed by atoms with van der Waals surface area (Å²) in [6.45, 7) is 0. The molecule has 0 amide bonds. The fourth-order valence-corrected chi connectivity index (χ4v) is 7.68. The Labute approximate surface area is 295 Å². The fourth-order valence-electron chi connectivity index (χ4n) is 7.68. The Morgan fingerprint density at radius 3 is 1.82 bits per heavy atom. The monoisotopic (exact) mass is 652 g/mol. The van der Waals surface area contributed by atoms with Gasteiger partial charge in [-0.15, -0.1) is 0 Å². The average Bonchev–Trinajstić information content (AvgIpc) is 3.76. The van der Waals surface area contributed by atoms with Crippen LogP contribution < -0.4 is 4.90 Å². The molecule has 0 unspecified atom stereocenters. The van der Waals surface area contributed by atoms with E-state index in [1.165, 1.54) is 38.5 Å². The lowest BCUT2D eigenvalue weighted by atomic mass is 9.99. The highest BCUT2D eigenvalue weighted by molar-refractivity contribution is 6.17. The Hall–Kier alpha value is -6.84. The molecule has 8 aromatic carbocycles. The van der Waals surface area contributed by atoms with Crippen molar-refractivity contribution in [2.75, 3.05) is 4.90 Å². The van der Waals surface area contributed by atoms with Crippen LogP contribution in [0.5, 0.6) is 0 Å². The predicted octanol–water partition coefficient (Wildman–Crippen LogP) is 13.5. The van der Waals surface area contributed by atoms with Crippen molar-refractivity contribution >= 4 is 60.8 Å². The number of furan rings is 1. The van der Waals surface area contributed by atoms with E-state index in [2.05, 4.69) is 191 Å². The molecular formula is C48H32N2O. The number of fused-ring (bicyclic) bond motifs is 6. The quantitative estimate of drug-likeness (QED) is 0.178. The number of hydrogen-bond acceptors (Lipinski definition) is 2. The summed E-state index contributed by atoms with van der Waals surface area (Å²) >= 11 is 0. The molecule has 51 heavy (non-hydrogen) atoms. The zero-order valence-corrected chi connectivity index (χ0v) is 27.8. The van der Waals surface area contributed by atoms with Gasteiger partial charge in [0, 0.05) is 38.6 Å². The van der Waals surface area contributed by atoms with Gasteiger partial charge in [-0.2, -0.15) is 0 Å². The van der Waals surface area contributed by atoms with Crippen LogP contribution in [-0.2, 0) is 0 Å². The number of para-hydroxylation sites is 3. The van der Waals surface area contributed by atoms with E-state index in [-0.39, 0.29) is 0 Å². The average molecular weight is 653 g/mol. The number of hydrogen-bond donors (Lipinski definition) is 0. The van der Waals surface area contributed by atoms with Crippen LogP contribution >= 0.6 is 0 Å². The third-order valence-electron chi connectivity index (χ3n) is 9.99. The number of aromatic nitrogens is 1. The van der Waals surface area contributed by atoms with E-state index in [1.807, 2.05) is 12.1 Å². The van der Waals surface area contributed by atoms with Crippen LogP contribution in [0.4, 0.5) is 17.1 Å². The molecule has 0 atom stereocenters. The van der Waals surface area contributed by atoms with E-state index in [0.717, 1.165) is 50.2 Å². The maximum Gasteiger partial charge on any atom is 0.159 e. The summed E-state index contributed by atoms with van der Waals surface area (Å²) < 4.78 is 9.04. The summed E-state index contributed by atoms with van der Waals surface area (Å²) in [5.41, 5.74) is 13.1. The molecule has 10 aromatic rings. The summed E-state index contributed by atoms with van der Waals surface area (Å²) in [6.07, 6.45) is 0. The number of nitrogens with zero attached hydrogens (tertiary/aromatic N) is 2. The van der Waals surface area contributed by atoms with E-state index in [4.69, 9.17) is 4.42 Å². The highest BCUT2D eigenvalue weighted by Gasteiger charge is 2.22. The van der Waals surface area contributed by atoms with Gasteiger partial charge in [-0.3, -0.25) is 0 Å². The molecule has 0 radical (unpaired) electrons. The van der Waals surface area contributed by atoms with Crippen molar-refractivity contribution in [1.29, 1.82) is 0 Å². The van der Waals surface area contributed by atoms with Gasteiger partial charge in [0.2, 0.25) is 0 Å². The van der Waals surface area contributed by atoms with Crippen LogP contribution in [0, 0.1) is 0 Å². The molecule has 0 fully saturated rings. The van der Waals surface area contributed by atoms with Crippen LogP contribution in [0.25, 0.3) is 71.7 Å². The van der Waals surface area contributed by atoms with E-state index in [0.29, 0.717) is 0 Å². The van der Waals surface area contributed by atoms with Crippen LogP contribution in [0.2, 0.25) is 0 Å². The van der Waals surface area contributed by atoms with Gasteiger partial charge in [0.05, 0.1) is 16.7 Å². The second-order valence-electron chi connectivity index (χ2n) is 12.9. The van der Waals surface area contributed by atoms with E-state index in [1.54, 1.807) is 0 Å². The Morgan fingerprint density at radius 2 is 1.04 bits per heavy atom. The van der Waals surface area contributed by atoms with Crippen molar-refractivity contribution in [3.05, 3.63) is 194 Å². The minimum Gasteiger partial charge on any atom is -0.454 e. The molecule has 0 aliphatic heterocycles. The molecule has 0 bridgehead atoms. The maximum atomic E-state index is 6.65. The molecular weight excluding hydrogens is 621 g/mol. The van der Waals surface area contributed by atoms with Crippen LogP contribution in [0.3, 0.4) is 0 Å². The first-order chi connectivity index (χ1) is 25.3. The van der Waals surface area contributed by atoms with Gasteiger partial charge >= 0.3 is 0 Å². The highest BCUT2D eigenvalue weighted by atomic mass is 16.3. The second kappa shape index (κ2) is 11.9. The summed E-state index contributed by atoms with van der Waals surface area (Å²) in [4.78, 5) is 2.34. The van der Waals surface area contributed by atoms with Gasteiger partial charge in [-0.05, 0) is 82.9 Å². The first-order valence-corrected chi connectivity index (χ1v) is 17.4. The number of rotatable bonds is 6. The number of benzene rings is 8. The van der Waals surface area contributed by atoms with Crippen molar-refractivity contribution in [2.24, 2.45) is 0 Å². The molecule has 0 saturated heterocycles. The smallest absolute Gasteiger partial charge is 0.159 e. The van der Waals surface area contributed by atoms with Crippen molar-refractivity contribution < 1.29 is 4.42 Å². The standard InChI is InChI=1S/C48H32N2O/c1-4-14-33(15-5-1)34-26-28-37(29-27-34)49(45-24-13-22-41-40-20-10-11-25-46(40)51-48(41)45)38-30-31-43-42(32-38)47-39(35-16-6-2-7-17-35)21-12-23-44(47)50(43)36-18-8-3-9-19-36/h1-32H. The third kappa shape index (κ3) is 4.82. The molecule has 2 heterocycles. The zero-order valence-electron chi connectivity index (χ0n) is 27.8. The lowest BCUT2D eigenvalue weighted by Crippen LogP contribution is -2.10. The molecule has 3 nitrogen and oxygen atoms in total. The Kier molecular flexibility index (Phi) is 6.81. The molecule has 0 aliphatic rings. The first kappa shape index (κ1) is 29.1. The van der Waals surface area contributed by atoms with Crippen LogP contribution in [0.1, 0.15) is 0 Å². The van der Waals surface area contributed by atoms with Crippen molar-refractivity contribution in [1.82, 2.24) is 4.57 Å². The highest BCUT2D eigenvalue weighted by Crippen LogP contribution is 2.45.